The van der Waals surface area contributed by atoms with Gasteiger partial charge >= 0.3 is 7.60 Å². The van der Waals surface area contributed by atoms with Gasteiger partial charge < -0.3 is 20.8 Å². The summed E-state index contributed by atoms with van der Waals surface area (Å²) < 4.78 is 9.84. The van der Waals surface area contributed by atoms with Crippen LogP contribution in [0.1, 0.15) is 29.9 Å². The predicted molar refractivity (Wildman–Crippen MR) is 146 cm³/mol. The lowest BCUT2D eigenvalue weighted by Crippen LogP contribution is -2.52. The molecule has 1 aromatic rings. The third-order valence-corrected chi connectivity index (χ3v) is 10.3. The number of nitrogens with zero attached hydrogens (tertiary/aromatic N) is 1. The van der Waals surface area contributed by atoms with E-state index in [1.807, 2.05) is 0 Å². The molecule has 5 N–H and O–H groups in total. The topological polar surface area (TPSA) is 125 Å². The van der Waals surface area contributed by atoms with E-state index >= 15 is 0 Å². The third-order valence-electron chi connectivity index (χ3n) is 5.59. The molecule has 0 saturated heterocycles. The van der Waals surface area contributed by atoms with Gasteiger partial charge in [0.2, 0.25) is 5.91 Å². The summed E-state index contributed by atoms with van der Waals surface area (Å²) in [6.45, 7) is 1.97. The molecule has 35 heavy (non-hydrogen) atoms. The van der Waals surface area contributed by atoms with Gasteiger partial charge in [-0.1, -0.05) is 24.3 Å². The molecule has 4 rings (SSSR count). The van der Waals surface area contributed by atoms with Crippen molar-refractivity contribution in [3.8, 4) is 0 Å². The van der Waals surface area contributed by atoms with E-state index < -0.39 is 51.9 Å². The van der Waals surface area contributed by atoms with Crippen molar-refractivity contribution in [2.45, 2.75) is 57.4 Å². The Bertz CT molecular complexity index is 878. The second kappa shape index (κ2) is 14.3. The van der Waals surface area contributed by atoms with Crippen molar-refractivity contribution in [1.29, 1.82) is 0 Å². The minimum absolute atomic E-state index is 0.437. The van der Waals surface area contributed by atoms with Gasteiger partial charge in [0.15, 0.2) is 0 Å². The SMILES string of the molecule is Cl[C@H]1[C@H](Cl)[C@@H](Cl)[C@@H](Cl)[C@H](Cl)[C@H]1Cl.NC(=O)CP(=O)(O)O.c1ccc2c(c1)CCCC2C1=NCCN1. The largest absolute Gasteiger partial charge is 0.371 e. The Balaban J connectivity index is 0.000000196. The Labute approximate surface area is 235 Å². The van der Waals surface area contributed by atoms with E-state index in [-0.39, 0.29) is 0 Å². The molecule has 1 fully saturated rings. The smallest absolute Gasteiger partial charge is 0.334 e. The van der Waals surface area contributed by atoms with Crippen LogP contribution in [0.4, 0.5) is 0 Å². The molecule has 1 aromatic carbocycles. The summed E-state index contributed by atoms with van der Waals surface area (Å²) in [5, 5.41) is 0.797. The minimum Gasteiger partial charge on any atom is -0.371 e. The van der Waals surface area contributed by atoms with Gasteiger partial charge in [-0.15, -0.1) is 69.6 Å². The lowest BCUT2D eigenvalue weighted by Gasteiger charge is -2.37. The van der Waals surface area contributed by atoms with Crippen molar-refractivity contribution < 1.29 is 19.1 Å². The Morgan fingerprint density at radius 3 is 1.91 bits per heavy atom. The Morgan fingerprint density at radius 1 is 1.00 bits per heavy atom. The summed E-state index contributed by atoms with van der Waals surface area (Å²) in [7, 11) is -4.20. The molecule has 1 atom stereocenters. The highest BCUT2D eigenvalue weighted by Gasteiger charge is 2.46. The summed E-state index contributed by atoms with van der Waals surface area (Å²) in [6.07, 6.45) is 2.91. The maximum Gasteiger partial charge on any atom is 0.334 e. The van der Waals surface area contributed by atoms with E-state index in [0.29, 0.717) is 5.92 Å². The monoisotopic (exact) mass is 627 g/mol. The summed E-state index contributed by atoms with van der Waals surface area (Å²) in [4.78, 5) is 30.3. The van der Waals surface area contributed by atoms with Crippen LogP contribution in [0.15, 0.2) is 29.3 Å². The molecule has 1 aliphatic heterocycles. The highest BCUT2D eigenvalue weighted by molar-refractivity contribution is 7.52. The molecule has 3 aliphatic rings. The van der Waals surface area contributed by atoms with Crippen molar-refractivity contribution >= 4 is 88.9 Å². The van der Waals surface area contributed by atoms with Crippen LogP contribution in [-0.4, -0.2) is 73.0 Å². The van der Waals surface area contributed by atoms with Crippen LogP contribution < -0.4 is 11.1 Å². The van der Waals surface area contributed by atoms with Crippen molar-refractivity contribution in [1.82, 2.24) is 5.32 Å². The molecule has 0 aromatic heterocycles. The molecule has 1 unspecified atom stereocenters. The average molecular weight is 630 g/mol. The number of rotatable bonds is 3. The van der Waals surface area contributed by atoms with Crippen LogP contribution in [0.25, 0.3) is 0 Å². The zero-order valence-corrected chi connectivity index (χ0v) is 24.0. The number of nitrogens with two attached hydrogens (primary N) is 1. The number of halogens is 6. The first-order valence-corrected chi connectivity index (χ1v) is 15.3. The second-order valence-corrected chi connectivity index (χ2v) is 13.0. The number of carbonyl (C=O) groups is 1. The van der Waals surface area contributed by atoms with E-state index in [1.165, 1.54) is 36.2 Å². The normalized spacial score (nSPS) is 32.0. The van der Waals surface area contributed by atoms with Gasteiger partial charge in [-0.25, -0.2) is 0 Å². The molecule has 1 amide bonds. The standard InChI is InChI=1S/C13H16N2.C6H6Cl6.C2H6NO4P/c1-2-6-11-10(4-1)5-3-7-12(11)13-14-8-9-15-13;7-1-2(8)4(10)6(12)5(11)3(1)9;3-2(4)1-8(5,6)7/h1-2,4,6,12H,3,5,7-9H2,(H,14,15);1-6H;1H2,(H2,3,4)(H2,5,6,7)/t;1-,2-,3-,4+,5+,6+;. The average Bonchev–Trinajstić information content (AvgIpc) is 3.34. The number of fused-ring (bicyclic) bond motifs is 1. The second-order valence-electron chi connectivity index (χ2n) is 8.29. The quantitative estimate of drug-likeness (QED) is 0.291. The zero-order chi connectivity index (χ0) is 26.3. The summed E-state index contributed by atoms with van der Waals surface area (Å²) in [5.41, 5.74) is 7.46. The maximum absolute atomic E-state index is 9.84. The molecule has 1 saturated carbocycles. The summed E-state index contributed by atoms with van der Waals surface area (Å²) in [5.74, 6) is 0.776. The number of hydrogen-bond donors (Lipinski definition) is 4. The molecule has 0 radical (unpaired) electrons. The van der Waals surface area contributed by atoms with Gasteiger partial charge in [-0.05, 0) is 30.4 Å². The van der Waals surface area contributed by atoms with Crippen LogP contribution in [0, 0.1) is 0 Å². The molecule has 0 bridgehead atoms. The lowest BCUT2D eigenvalue weighted by molar-refractivity contribution is -0.115. The van der Waals surface area contributed by atoms with E-state index in [9.17, 15) is 9.36 Å². The van der Waals surface area contributed by atoms with Gasteiger partial charge in [0.1, 0.15) is 12.0 Å². The lowest BCUT2D eigenvalue weighted by atomic mass is 9.82. The maximum atomic E-state index is 9.84. The van der Waals surface area contributed by atoms with Crippen LogP contribution >= 0.6 is 77.2 Å². The Hall–Kier alpha value is 0.0500. The van der Waals surface area contributed by atoms with Crippen molar-refractivity contribution in [2.75, 3.05) is 19.3 Å². The first-order chi connectivity index (χ1) is 16.3. The van der Waals surface area contributed by atoms with Crippen molar-refractivity contribution in [2.24, 2.45) is 10.7 Å². The molecule has 1 heterocycles. The number of aliphatic imine (C=N–C) groups is 1. The van der Waals surface area contributed by atoms with E-state index in [4.69, 9.17) is 79.4 Å². The number of amidine groups is 1. The molecular formula is C21H28Cl6N3O4P. The molecule has 14 heteroatoms. The molecular weight excluding hydrogens is 602 g/mol. The number of alkyl halides is 6. The van der Waals surface area contributed by atoms with Crippen molar-refractivity contribution in [3.63, 3.8) is 0 Å². The first kappa shape index (κ1) is 31.3. The predicted octanol–water partition coefficient (Wildman–Crippen LogP) is 4.40. The number of primary amides is 1. The van der Waals surface area contributed by atoms with Crippen LogP contribution in [0.3, 0.4) is 0 Å². The number of carbonyl (C=O) groups excluding carboxylic acids is 1. The summed E-state index contributed by atoms with van der Waals surface area (Å²) in [6, 6.07) is 8.82. The van der Waals surface area contributed by atoms with Gasteiger partial charge in [0, 0.05) is 12.5 Å². The zero-order valence-electron chi connectivity index (χ0n) is 18.5. The number of benzene rings is 1. The number of hydrogen-bond acceptors (Lipinski definition) is 4. The fourth-order valence-corrected chi connectivity index (χ4v) is 6.68. The summed E-state index contributed by atoms with van der Waals surface area (Å²) >= 11 is 35.3. The third kappa shape index (κ3) is 9.38. The molecule has 0 spiro atoms. The van der Waals surface area contributed by atoms with Gasteiger partial charge in [0.05, 0.1) is 38.8 Å². The van der Waals surface area contributed by atoms with Gasteiger partial charge in [-0.3, -0.25) is 14.4 Å². The highest BCUT2D eigenvalue weighted by Crippen LogP contribution is 2.40. The number of amides is 1. The number of aryl methyl sites for hydroxylation is 1. The minimum atomic E-state index is -4.20. The van der Waals surface area contributed by atoms with Crippen LogP contribution in [0.5, 0.6) is 0 Å². The van der Waals surface area contributed by atoms with E-state index in [2.05, 4.69) is 40.3 Å². The van der Waals surface area contributed by atoms with Gasteiger partial charge in [-0.2, -0.15) is 0 Å². The Kier molecular flexibility index (Phi) is 12.8. The van der Waals surface area contributed by atoms with Crippen LogP contribution in [0.2, 0.25) is 0 Å². The highest BCUT2D eigenvalue weighted by atomic mass is 35.5. The molecule has 2 aliphatic carbocycles. The van der Waals surface area contributed by atoms with E-state index in [1.54, 1.807) is 0 Å². The molecule has 198 valence electrons. The van der Waals surface area contributed by atoms with E-state index in [0.717, 1.165) is 13.1 Å². The fourth-order valence-electron chi connectivity index (χ4n) is 3.94. The van der Waals surface area contributed by atoms with Gasteiger partial charge in [0.25, 0.3) is 0 Å². The molecule has 7 nitrogen and oxygen atoms in total. The Morgan fingerprint density at radius 2 is 1.51 bits per heavy atom. The van der Waals surface area contributed by atoms with Crippen LogP contribution in [-0.2, 0) is 15.8 Å². The first-order valence-electron chi connectivity index (χ1n) is 10.9. The number of nitrogens with one attached hydrogen (secondary N) is 1. The van der Waals surface area contributed by atoms with Crippen molar-refractivity contribution in [3.05, 3.63) is 35.4 Å². The fraction of sp³-hybridized carbons (Fsp3) is 0.619.